The number of allylic oxidation sites excluding steroid dienone is 1. The van der Waals surface area contributed by atoms with Gasteiger partial charge < -0.3 is 15.5 Å². The molecule has 3 heterocycles. The molecule has 0 amide bonds. The highest BCUT2D eigenvalue weighted by Crippen LogP contribution is 2.35. The number of alkyl halides is 3. The highest BCUT2D eigenvalue weighted by molar-refractivity contribution is 7.76. The number of hydrogen-bond donors (Lipinski definition) is 3. The Morgan fingerprint density at radius 1 is 1.19 bits per heavy atom. The molecule has 2 aliphatic rings. The fourth-order valence-electron chi connectivity index (χ4n) is 5.78. The molecule has 2 aromatic rings. The number of nitrogens with zero attached hydrogens (tertiary/aromatic N) is 5. The smallest absolute Gasteiger partial charge is 0.369 e. The second-order valence-corrected chi connectivity index (χ2v) is 12.4. The lowest BCUT2D eigenvalue weighted by molar-refractivity contribution is -0.137. The average Bonchev–Trinajstić information content (AvgIpc) is 2.95. The van der Waals surface area contributed by atoms with Crippen LogP contribution in [0.5, 0.6) is 0 Å². The number of hydrogen-bond acceptors (Lipinski definition) is 7. The van der Waals surface area contributed by atoms with E-state index in [1.807, 2.05) is 13.0 Å². The zero-order valence-electron chi connectivity index (χ0n) is 25.3. The van der Waals surface area contributed by atoms with E-state index in [0.717, 1.165) is 56.2 Å². The molecule has 3 N–H and O–H groups in total. The molecule has 1 atom stereocenters. The molecule has 0 spiro atoms. The van der Waals surface area contributed by atoms with Gasteiger partial charge in [-0.1, -0.05) is 19.1 Å². The van der Waals surface area contributed by atoms with E-state index in [1.165, 1.54) is 48.4 Å². The largest absolute Gasteiger partial charge is 0.421 e. The average molecular weight is 624 g/mol. The summed E-state index contributed by atoms with van der Waals surface area (Å²) in [6.07, 6.45) is 5.24. The van der Waals surface area contributed by atoms with Gasteiger partial charge in [0.15, 0.2) is 0 Å². The first-order valence-electron chi connectivity index (χ1n) is 15.1. The summed E-state index contributed by atoms with van der Waals surface area (Å²) in [5, 5.41) is 5.85. The van der Waals surface area contributed by atoms with Crippen LogP contribution in [-0.2, 0) is 23.9 Å². The lowest BCUT2D eigenvalue weighted by atomic mass is 9.94. The summed E-state index contributed by atoms with van der Waals surface area (Å²) in [6.45, 7) is 6.96. The molecule has 43 heavy (non-hydrogen) atoms. The van der Waals surface area contributed by atoms with Crippen LogP contribution >= 0.6 is 0 Å². The number of likely N-dealkylation sites (tertiary alicyclic amines) is 1. The van der Waals surface area contributed by atoms with Gasteiger partial charge in [-0.25, -0.2) is 13.5 Å². The number of piperidine rings is 1. The zero-order chi connectivity index (χ0) is 31.0. The summed E-state index contributed by atoms with van der Waals surface area (Å²) in [7, 11) is 3.66. The predicted octanol–water partition coefficient (Wildman–Crippen LogP) is 5.64. The molecule has 0 aliphatic carbocycles. The molecule has 0 radical (unpaired) electrons. The zero-order valence-corrected chi connectivity index (χ0v) is 26.1. The predicted molar refractivity (Wildman–Crippen MR) is 167 cm³/mol. The molecule has 2 aliphatic heterocycles. The minimum absolute atomic E-state index is 0.0608. The molecule has 0 saturated carbocycles. The van der Waals surface area contributed by atoms with Crippen LogP contribution < -0.4 is 10.6 Å². The summed E-state index contributed by atoms with van der Waals surface area (Å²) in [4.78, 5) is 13.2. The van der Waals surface area contributed by atoms with Gasteiger partial charge >= 0.3 is 6.18 Å². The Labute approximate surface area is 255 Å². The van der Waals surface area contributed by atoms with Crippen LogP contribution in [0.4, 0.5) is 30.6 Å². The van der Waals surface area contributed by atoms with E-state index < -0.39 is 23.0 Å². The Morgan fingerprint density at radius 2 is 1.95 bits per heavy atom. The molecule has 1 fully saturated rings. The van der Waals surface area contributed by atoms with Gasteiger partial charge in [-0.3, -0.25) is 9.45 Å². The van der Waals surface area contributed by atoms with E-state index in [-0.39, 0.29) is 24.9 Å². The molecular formula is C30H44F3N7O2S. The first kappa shape index (κ1) is 33.3. The summed E-state index contributed by atoms with van der Waals surface area (Å²) in [5.74, 6) is -0.271. The van der Waals surface area contributed by atoms with Crippen LogP contribution in [0, 0.1) is 0 Å². The molecule has 4 rings (SSSR count). The van der Waals surface area contributed by atoms with Crippen molar-refractivity contribution in [3.63, 3.8) is 0 Å². The summed E-state index contributed by atoms with van der Waals surface area (Å²) >= 11 is -2.13. The molecule has 9 nitrogen and oxygen atoms in total. The summed E-state index contributed by atoms with van der Waals surface area (Å²) in [6, 6.07) is 6.87. The SMILES string of the molecule is CCc1cc(/C2=C\CCN(C3CCN(C)CC3)CCC2)ccc1Nc1ncc(C(F)(F)F)c(NCCCN(C)S(=O)O)n1. The van der Waals surface area contributed by atoms with Gasteiger partial charge in [0, 0.05) is 44.6 Å². The van der Waals surface area contributed by atoms with Crippen molar-refractivity contribution in [3.8, 4) is 0 Å². The minimum atomic E-state index is -4.63. The third-order valence-electron chi connectivity index (χ3n) is 8.31. The maximum absolute atomic E-state index is 13.6. The second kappa shape index (κ2) is 15.4. The molecular weight excluding hydrogens is 579 g/mol. The molecule has 1 unspecified atom stereocenters. The third kappa shape index (κ3) is 9.45. The Morgan fingerprint density at radius 3 is 2.65 bits per heavy atom. The Kier molecular flexibility index (Phi) is 12.0. The maximum atomic E-state index is 13.6. The van der Waals surface area contributed by atoms with Gasteiger partial charge in [-0.2, -0.15) is 18.2 Å². The van der Waals surface area contributed by atoms with Gasteiger partial charge in [-0.05, 0) is 100 Å². The Hall–Kier alpha value is -2.58. The normalized spacial score (nSPS) is 19.9. The van der Waals surface area contributed by atoms with Crippen LogP contribution in [0.15, 0.2) is 30.5 Å². The highest BCUT2D eigenvalue weighted by Gasteiger charge is 2.35. The standard InChI is InChI=1S/C30H44F3N7O2S/c1-4-22-20-24(23-8-5-16-40(17-6-9-23)25-12-18-38(2)19-13-25)10-11-27(22)36-29-35-21-26(30(31,32)33)28(37-29)34-14-7-15-39(3)43(41)42/h8,10-11,20-21,25H,4-7,9,12-19H2,1-3H3,(H,41,42)(H2,34,35,36,37)/b23-8-. The van der Waals surface area contributed by atoms with Crippen molar-refractivity contribution in [3.05, 3.63) is 47.2 Å². The molecule has 238 valence electrons. The van der Waals surface area contributed by atoms with Crippen LogP contribution in [0.3, 0.4) is 0 Å². The lowest BCUT2D eigenvalue weighted by Crippen LogP contribution is -2.44. The van der Waals surface area contributed by atoms with Crippen molar-refractivity contribution in [2.45, 2.75) is 64.1 Å². The number of rotatable bonds is 11. The number of nitrogens with one attached hydrogen (secondary N) is 2. The Balaban J connectivity index is 1.43. The van der Waals surface area contributed by atoms with Crippen LogP contribution in [0.25, 0.3) is 5.57 Å². The van der Waals surface area contributed by atoms with E-state index in [9.17, 15) is 17.4 Å². The van der Waals surface area contributed by atoms with Crippen LogP contribution in [0.1, 0.15) is 62.1 Å². The highest BCUT2D eigenvalue weighted by atomic mass is 32.2. The van der Waals surface area contributed by atoms with Crippen LogP contribution in [0.2, 0.25) is 0 Å². The topological polar surface area (TPSA) is 96.9 Å². The summed E-state index contributed by atoms with van der Waals surface area (Å²) < 4.78 is 62.3. The molecule has 1 saturated heterocycles. The molecule has 13 heteroatoms. The van der Waals surface area contributed by atoms with E-state index in [2.05, 4.69) is 55.7 Å². The van der Waals surface area contributed by atoms with Gasteiger partial charge in [0.25, 0.3) is 0 Å². The number of halogens is 3. The van der Waals surface area contributed by atoms with E-state index in [1.54, 1.807) is 0 Å². The number of benzene rings is 1. The fraction of sp³-hybridized carbons (Fsp3) is 0.600. The Bertz CT molecular complexity index is 1270. The quantitative estimate of drug-likeness (QED) is 0.219. The number of anilines is 3. The van der Waals surface area contributed by atoms with E-state index in [4.69, 9.17) is 4.55 Å². The number of aromatic nitrogens is 2. The molecule has 0 bridgehead atoms. The first-order valence-corrected chi connectivity index (χ1v) is 16.1. The van der Waals surface area contributed by atoms with Gasteiger partial charge in [0.1, 0.15) is 11.4 Å². The van der Waals surface area contributed by atoms with Gasteiger partial charge in [0.2, 0.25) is 17.2 Å². The van der Waals surface area contributed by atoms with Crippen molar-refractivity contribution >= 4 is 34.3 Å². The second-order valence-electron chi connectivity index (χ2n) is 11.4. The van der Waals surface area contributed by atoms with Crippen molar-refractivity contribution < 1.29 is 21.9 Å². The summed E-state index contributed by atoms with van der Waals surface area (Å²) in [5.41, 5.74) is 3.35. The minimum Gasteiger partial charge on any atom is -0.369 e. The molecule has 1 aromatic heterocycles. The lowest BCUT2D eigenvalue weighted by Gasteiger charge is -2.38. The van der Waals surface area contributed by atoms with Gasteiger partial charge in [0.05, 0.1) is 0 Å². The van der Waals surface area contributed by atoms with Crippen molar-refractivity contribution in [2.24, 2.45) is 0 Å². The van der Waals surface area contributed by atoms with Gasteiger partial charge in [-0.15, -0.1) is 0 Å². The monoisotopic (exact) mass is 623 g/mol. The first-order chi connectivity index (χ1) is 20.5. The van der Waals surface area contributed by atoms with Crippen molar-refractivity contribution in [1.82, 2.24) is 24.1 Å². The number of aryl methyl sites for hydroxylation is 1. The van der Waals surface area contributed by atoms with E-state index in [0.29, 0.717) is 12.5 Å². The van der Waals surface area contributed by atoms with Crippen molar-refractivity contribution in [2.75, 3.05) is 64.0 Å². The van der Waals surface area contributed by atoms with Crippen LogP contribution in [-0.4, -0.2) is 92.2 Å². The molecule has 1 aromatic carbocycles. The van der Waals surface area contributed by atoms with Crippen molar-refractivity contribution in [1.29, 1.82) is 0 Å². The van der Waals surface area contributed by atoms with E-state index >= 15 is 0 Å². The maximum Gasteiger partial charge on any atom is 0.421 e. The fourth-order valence-corrected chi connectivity index (χ4v) is 6.06. The third-order valence-corrected chi connectivity index (χ3v) is 9.03.